The molecule has 32 heavy (non-hydrogen) atoms. The highest BCUT2D eigenvalue weighted by Crippen LogP contribution is 2.40. The Morgan fingerprint density at radius 1 is 1.41 bits per heavy atom. The van der Waals surface area contributed by atoms with Crippen molar-refractivity contribution in [2.75, 3.05) is 36.1 Å². The molecule has 176 valence electrons. The van der Waals surface area contributed by atoms with Gasteiger partial charge in [0.05, 0.1) is 25.0 Å². The van der Waals surface area contributed by atoms with Gasteiger partial charge in [-0.1, -0.05) is 0 Å². The lowest BCUT2D eigenvalue weighted by atomic mass is 10.0. The van der Waals surface area contributed by atoms with Crippen LogP contribution in [-0.2, 0) is 33.2 Å². The molecule has 3 rings (SSSR count). The van der Waals surface area contributed by atoms with Gasteiger partial charge in [0.2, 0.25) is 22.1 Å². The first-order valence-electron chi connectivity index (χ1n) is 9.39. The molecule has 1 aromatic rings. The number of amides is 3. The molecule has 2 aliphatic heterocycles. The van der Waals surface area contributed by atoms with Gasteiger partial charge in [0.15, 0.2) is 18.1 Å². The van der Waals surface area contributed by atoms with Crippen LogP contribution in [-0.4, -0.2) is 72.4 Å². The molecule has 1 fully saturated rings. The number of β-lactam (4-membered cyclic amide) rings is 1. The zero-order valence-corrected chi connectivity index (χ0v) is 19.0. The molecule has 1 aromatic heterocycles. The molecule has 2 aliphatic rings. The molecule has 2 atom stereocenters. The van der Waals surface area contributed by atoms with Crippen molar-refractivity contribution in [3.05, 3.63) is 17.5 Å². The Kier molecular flexibility index (Phi) is 6.68. The van der Waals surface area contributed by atoms with Crippen molar-refractivity contribution in [3.8, 4) is 0 Å². The van der Waals surface area contributed by atoms with E-state index in [0.29, 0.717) is 11.3 Å². The Balaban J connectivity index is 1.84. The van der Waals surface area contributed by atoms with Gasteiger partial charge >= 0.3 is 6.03 Å². The standard InChI is InChI=1S/C16H24N8O6S2/c1-22-12(18)9(20-16(28)19-4-3-17)6-23(22)5-8-7-31-14-10(21-32(2,29)30)13(25)24(14)11(8)15(26)27/h6,10,14,18,21H,3-5,7,17H2,1-2H3,(H3,19,20,26,27,28)/t10-,14-/m1/s1. The smallest absolute Gasteiger partial charge is 0.319 e. The first-order chi connectivity index (χ1) is 14.9. The summed E-state index contributed by atoms with van der Waals surface area (Å²) in [5, 5.41) is 16.3. The maximum Gasteiger partial charge on any atom is 0.319 e. The van der Waals surface area contributed by atoms with Gasteiger partial charge < -0.3 is 26.7 Å². The molecule has 0 aromatic carbocycles. The van der Waals surface area contributed by atoms with Gasteiger partial charge in [-0.2, -0.15) is 4.72 Å². The Hall–Kier alpha value is -2.82. The number of thioether (sulfide) groups is 1. The van der Waals surface area contributed by atoms with E-state index in [1.54, 1.807) is 11.7 Å². The fourth-order valence-electron chi connectivity index (χ4n) is 3.41. The largest absolute Gasteiger partial charge is 0.543 e. The second-order valence-corrected chi connectivity index (χ2v) is 10.1. The molecule has 0 spiro atoms. The number of rotatable bonds is 8. The summed E-state index contributed by atoms with van der Waals surface area (Å²) in [6, 6.07) is -1.53. The lowest BCUT2D eigenvalue weighted by Gasteiger charge is -2.50. The molecule has 16 heteroatoms. The van der Waals surface area contributed by atoms with Gasteiger partial charge in [0.1, 0.15) is 11.4 Å². The summed E-state index contributed by atoms with van der Waals surface area (Å²) in [7, 11) is -2.03. The first-order valence-corrected chi connectivity index (χ1v) is 12.3. The number of nitrogens with one attached hydrogen (secondary N) is 3. The highest BCUT2D eigenvalue weighted by Gasteiger charge is 2.53. The van der Waals surface area contributed by atoms with Crippen molar-refractivity contribution in [2.24, 2.45) is 12.8 Å². The number of aromatic nitrogens is 2. The monoisotopic (exact) mass is 488 g/mol. The number of carbonyl (C=O) groups excluding carboxylic acids is 3. The second kappa shape index (κ2) is 8.97. The van der Waals surface area contributed by atoms with Crippen molar-refractivity contribution in [1.82, 2.24) is 19.6 Å². The maximum atomic E-state index is 12.5. The number of hydrogen-bond donors (Lipinski definition) is 5. The van der Waals surface area contributed by atoms with Crippen LogP contribution in [0, 0.1) is 0 Å². The third-order valence-corrected chi connectivity index (χ3v) is 6.92. The van der Waals surface area contributed by atoms with Crippen molar-refractivity contribution < 1.29 is 32.6 Å². The van der Waals surface area contributed by atoms with E-state index in [-0.39, 0.29) is 36.9 Å². The molecule has 7 N–H and O–H groups in total. The van der Waals surface area contributed by atoms with Crippen molar-refractivity contribution in [2.45, 2.75) is 18.0 Å². The number of carbonyl (C=O) groups is 3. The predicted molar refractivity (Wildman–Crippen MR) is 113 cm³/mol. The normalized spacial score (nSPS) is 20.6. The topological polar surface area (TPSA) is 209 Å². The summed E-state index contributed by atoms with van der Waals surface area (Å²) >= 11 is 1.23. The summed E-state index contributed by atoms with van der Waals surface area (Å²) in [5.41, 5.74) is 11.8. The molecule has 0 radical (unpaired) electrons. The Labute approximate surface area is 188 Å². The van der Waals surface area contributed by atoms with Crippen molar-refractivity contribution in [1.29, 1.82) is 0 Å². The van der Waals surface area contributed by atoms with Crippen LogP contribution in [0.1, 0.15) is 0 Å². The van der Waals surface area contributed by atoms with Crippen molar-refractivity contribution >= 4 is 51.2 Å². The van der Waals surface area contributed by atoms with Gasteiger partial charge in [-0.05, 0) is 0 Å². The lowest BCUT2D eigenvalue weighted by molar-refractivity contribution is -0.765. The number of urea groups is 1. The number of hydrogen-bond acceptors (Lipinski definition) is 9. The van der Waals surface area contributed by atoms with E-state index >= 15 is 0 Å². The fraction of sp³-hybridized carbons (Fsp3) is 0.500. The first kappa shape index (κ1) is 23.8. The van der Waals surface area contributed by atoms with Crippen LogP contribution in [0.25, 0.3) is 0 Å². The number of nitrogen functional groups attached to an aromatic ring is 1. The van der Waals surface area contributed by atoms with Crippen LogP contribution in [0.2, 0.25) is 0 Å². The van der Waals surface area contributed by atoms with Crippen LogP contribution < -0.4 is 36.6 Å². The average molecular weight is 489 g/mol. The molecule has 3 amide bonds. The maximum absolute atomic E-state index is 12.5. The van der Waals surface area contributed by atoms with E-state index in [0.717, 1.165) is 11.2 Å². The van der Waals surface area contributed by atoms with E-state index in [1.807, 2.05) is 0 Å². The number of anilines is 2. The SMILES string of the molecule is Cn1c(N)c(NC(=O)NCCN)c[n+]1CC1=C(C(=O)[O-])N2C(=O)[C@@H](NS(C)(=O)=O)[C@H]2SC1. The number of fused-ring (bicyclic) bond motifs is 1. The molecular formula is C16H24N8O6S2. The molecule has 14 nitrogen and oxygen atoms in total. The van der Waals surface area contributed by atoms with E-state index in [1.165, 1.54) is 22.6 Å². The van der Waals surface area contributed by atoms with Crippen LogP contribution in [0.5, 0.6) is 0 Å². The minimum atomic E-state index is -3.65. The molecular weight excluding hydrogens is 464 g/mol. The van der Waals surface area contributed by atoms with Crippen molar-refractivity contribution in [3.63, 3.8) is 0 Å². The number of carboxylic acids is 1. The van der Waals surface area contributed by atoms with Gasteiger partial charge in [0.25, 0.3) is 0 Å². The predicted octanol–water partition coefficient (Wildman–Crippen LogP) is -4.19. The van der Waals surface area contributed by atoms with E-state index in [4.69, 9.17) is 11.5 Å². The third kappa shape index (κ3) is 4.67. The number of carboxylic acid groups (broad SMARTS) is 1. The highest BCUT2D eigenvalue weighted by atomic mass is 32.2. The molecule has 0 unspecified atom stereocenters. The lowest BCUT2D eigenvalue weighted by Crippen LogP contribution is -2.71. The molecule has 3 heterocycles. The van der Waals surface area contributed by atoms with Crippen LogP contribution in [0.15, 0.2) is 17.5 Å². The minimum absolute atomic E-state index is 0.0454. The number of nitrogens with two attached hydrogens (primary N) is 2. The molecule has 0 aliphatic carbocycles. The van der Waals surface area contributed by atoms with Crippen LogP contribution in [0.3, 0.4) is 0 Å². The van der Waals surface area contributed by atoms with E-state index in [2.05, 4.69) is 15.4 Å². The summed E-state index contributed by atoms with van der Waals surface area (Å²) in [6.07, 6.45) is 2.45. The zero-order valence-electron chi connectivity index (χ0n) is 17.3. The summed E-state index contributed by atoms with van der Waals surface area (Å²) < 4.78 is 28.3. The van der Waals surface area contributed by atoms with Crippen LogP contribution in [0.4, 0.5) is 16.3 Å². The van der Waals surface area contributed by atoms with Gasteiger partial charge in [0, 0.05) is 24.4 Å². The summed E-state index contributed by atoms with van der Waals surface area (Å²) in [4.78, 5) is 37.3. The Morgan fingerprint density at radius 2 is 2.09 bits per heavy atom. The third-order valence-electron chi connectivity index (χ3n) is 4.90. The van der Waals surface area contributed by atoms with Gasteiger partial charge in [-0.3, -0.25) is 15.0 Å². The number of sulfonamides is 1. The fourth-order valence-corrected chi connectivity index (χ4v) is 5.52. The minimum Gasteiger partial charge on any atom is -0.543 e. The summed E-state index contributed by atoms with van der Waals surface area (Å²) in [5.74, 6) is -1.77. The number of aliphatic carboxylic acids is 1. The van der Waals surface area contributed by atoms with E-state index in [9.17, 15) is 27.9 Å². The molecule has 1 saturated heterocycles. The van der Waals surface area contributed by atoms with Gasteiger partial charge in [-0.25, -0.2) is 13.2 Å². The molecule has 0 saturated carbocycles. The number of nitrogens with zero attached hydrogens (tertiary/aromatic N) is 3. The van der Waals surface area contributed by atoms with Crippen LogP contribution >= 0.6 is 11.8 Å². The van der Waals surface area contributed by atoms with E-state index < -0.39 is 39.3 Å². The zero-order chi connectivity index (χ0) is 23.8. The second-order valence-electron chi connectivity index (χ2n) is 7.24. The molecule has 0 bridgehead atoms. The van der Waals surface area contributed by atoms with Gasteiger partial charge in [-0.15, -0.1) is 21.1 Å². The highest BCUT2D eigenvalue weighted by molar-refractivity contribution is 8.00. The Morgan fingerprint density at radius 3 is 2.69 bits per heavy atom. The quantitative estimate of drug-likeness (QED) is 0.177. The summed E-state index contributed by atoms with van der Waals surface area (Å²) in [6.45, 7) is 0.591. The Bertz CT molecular complexity index is 1100. The average Bonchev–Trinajstić information content (AvgIpc) is 2.97.